The van der Waals surface area contributed by atoms with Gasteiger partial charge in [-0.15, -0.1) is 0 Å². The van der Waals surface area contributed by atoms with Crippen LogP contribution in [0, 0.1) is 5.92 Å². The minimum absolute atomic E-state index is 0. The molecule has 0 spiro atoms. The molecule has 0 fully saturated rings. The van der Waals surface area contributed by atoms with Crippen molar-refractivity contribution in [3.05, 3.63) is 59.2 Å². The summed E-state index contributed by atoms with van der Waals surface area (Å²) >= 11 is 0. The van der Waals surface area contributed by atoms with Crippen molar-refractivity contribution in [2.75, 3.05) is 0 Å². The van der Waals surface area contributed by atoms with E-state index in [1.54, 1.807) is 0 Å². The second-order valence-electron chi connectivity index (χ2n) is 4.30. The van der Waals surface area contributed by atoms with Gasteiger partial charge in [0.05, 0.1) is 0 Å². The predicted molar refractivity (Wildman–Crippen MR) is 71.2 cm³/mol. The molecule has 0 amide bonds. The number of carbonyl (C=O) groups is 1. The number of aldehydes is 1. The number of rotatable bonds is 3. The van der Waals surface area contributed by atoms with Crippen molar-refractivity contribution >= 4 is 6.29 Å². The summed E-state index contributed by atoms with van der Waals surface area (Å²) in [5, 5.41) is 0. The molecular formula is C15H19NO. The summed E-state index contributed by atoms with van der Waals surface area (Å²) in [5.74, 6) is 0.477. The molecular weight excluding hydrogens is 210 g/mol. The minimum atomic E-state index is 0. The molecule has 2 rings (SSSR count). The molecule has 1 aliphatic rings. The molecule has 3 N–H and O–H groups in total. The monoisotopic (exact) mass is 229 g/mol. The molecule has 0 aliphatic heterocycles. The van der Waals surface area contributed by atoms with E-state index in [9.17, 15) is 4.79 Å². The lowest BCUT2D eigenvalue weighted by Crippen LogP contribution is -2.09. The fraction of sp³-hybridized carbons (Fsp3) is 0.267. The Morgan fingerprint density at radius 1 is 1.29 bits per heavy atom. The number of benzene rings is 1. The standard InChI is InChI=1S/C15H16O.H3N/c1-12-6-5-9-14(11-16)15(12)10-13-7-3-2-4-8-13;/h2-5,7-9,11-12H,6,10H2,1H3;1H3. The average Bonchev–Trinajstić information content (AvgIpc) is 2.33. The van der Waals surface area contributed by atoms with Crippen molar-refractivity contribution in [1.82, 2.24) is 6.15 Å². The molecule has 0 saturated carbocycles. The van der Waals surface area contributed by atoms with Gasteiger partial charge in [-0.05, 0) is 24.3 Å². The second kappa shape index (κ2) is 6.16. The highest BCUT2D eigenvalue weighted by Gasteiger charge is 2.15. The molecule has 1 aromatic rings. The van der Waals surface area contributed by atoms with Crippen LogP contribution in [0.15, 0.2) is 53.6 Å². The molecule has 17 heavy (non-hydrogen) atoms. The number of allylic oxidation sites excluding steroid dienone is 4. The molecule has 0 radical (unpaired) electrons. The maximum absolute atomic E-state index is 11.0. The van der Waals surface area contributed by atoms with Crippen LogP contribution < -0.4 is 6.15 Å². The van der Waals surface area contributed by atoms with Crippen molar-refractivity contribution in [2.45, 2.75) is 19.8 Å². The summed E-state index contributed by atoms with van der Waals surface area (Å²) in [6.07, 6.45) is 6.94. The van der Waals surface area contributed by atoms with Crippen molar-refractivity contribution in [2.24, 2.45) is 5.92 Å². The summed E-state index contributed by atoms with van der Waals surface area (Å²) in [4.78, 5) is 11.0. The highest BCUT2D eigenvalue weighted by Crippen LogP contribution is 2.27. The van der Waals surface area contributed by atoms with Gasteiger partial charge in [0.15, 0.2) is 0 Å². The van der Waals surface area contributed by atoms with Crippen LogP contribution in [-0.4, -0.2) is 6.29 Å². The molecule has 90 valence electrons. The van der Waals surface area contributed by atoms with Crippen molar-refractivity contribution < 1.29 is 4.79 Å². The van der Waals surface area contributed by atoms with Crippen LogP contribution in [0.1, 0.15) is 18.9 Å². The topological polar surface area (TPSA) is 52.1 Å². The van der Waals surface area contributed by atoms with E-state index in [1.807, 2.05) is 24.3 Å². The van der Waals surface area contributed by atoms with Gasteiger partial charge in [0.25, 0.3) is 0 Å². The highest BCUT2D eigenvalue weighted by molar-refractivity contribution is 5.79. The van der Waals surface area contributed by atoms with E-state index in [0.717, 1.165) is 24.7 Å². The van der Waals surface area contributed by atoms with E-state index >= 15 is 0 Å². The first-order valence-electron chi connectivity index (χ1n) is 5.70. The third kappa shape index (κ3) is 3.14. The van der Waals surface area contributed by atoms with Gasteiger partial charge in [-0.3, -0.25) is 4.79 Å². The minimum Gasteiger partial charge on any atom is -0.344 e. The first-order valence-corrected chi connectivity index (χ1v) is 5.70. The Bertz CT molecular complexity index is 431. The highest BCUT2D eigenvalue weighted by atomic mass is 16.1. The SMILES string of the molecule is CC1CC=CC(C=O)=C1Cc1ccccc1.N. The van der Waals surface area contributed by atoms with Crippen LogP contribution in [0.3, 0.4) is 0 Å². The quantitative estimate of drug-likeness (QED) is 0.807. The van der Waals surface area contributed by atoms with Crippen LogP contribution in [0.2, 0.25) is 0 Å². The Labute approximate surface area is 103 Å². The zero-order valence-corrected chi connectivity index (χ0v) is 10.2. The summed E-state index contributed by atoms with van der Waals surface area (Å²) in [7, 11) is 0. The lowest BCUT2D eigenvalue weighted by atomic mass is 9.85. The Morgan fingerprint density at radius 3 is 2.65 bits per heavy atom. The Kier molecular flexibility index (Phi) is 4.85. The number of hydrogen-bond donors (Lipinski definition) is 1. The van der Waals surface area contributed by atoms with Gasteiger partial charge in [-0.2, -0.15) is 0 Å². The molecule has 1 unspecified atom stereocenters. The van der Waals surface area contributed by atoms with E-state index in [0.29, 0.717) is 5.92 Å². The third-order valence-corrected chi connectivity index (χ3v) is 3.12. The summed E-state index contributed by atoms with van der Waals surface area (Å²) in [5.41, 5.74) is 3.41. The number of carbonyl (C=O) groups excluding carboxylic acids is 1. The van der Waals surface area contributed by atoms with Crippen LogP contribution in [0.25, 0.3) is 0 Å². The zero-order valence-electron chi connectivity index (χ0n) is 10.2. The Balaban J connectivity index is 0.00000144. The van der Waals surface area contributed by atoms with Crippen LogP contribution >= 0.6 is 0 Å². The summed E-state index contributed by atoms with van der Waals surface area (Å²) in [6, 6.07) is 10.3. The fourth-order valence-electron chi connectivity index (χ4n) is 2.14. The second-order valence-corrected chi connectivity index (χ2v) is 4.30. The van der Waals surface area contributed by atoms with Crippen LogP contribution in [0.4, 0.5) is 0 Å². The molecule has 0 bridgehead atoms. The largest absolute Gasteiger partial charge is 0.344 e. The van der Waals surface area contributed by atoms with Crippen LogP contribution in [-0.2, 0) is 11.2 Å². The van der Waals surface area contributed by atoms with Gasteiger partial charge >= 0.3 is 0 Å². The van der Waals surface area contributed by atoms with Crippen molar-refractivity contribution in [3.8, 4) is 0 Å². The average molecular weight is 229 g/mol. The summed E-state index contributed by atoms with van der Waals surface area (Å²) < 4.78 is 0. The third-order valence-electron chi connectivity index (χ3n) is 3.12. The van der Waals surface area contributed by atoms with E-state index in [4.69, 9.17) is 0 Å². The molecule has 0 saturated heterocycles. The Hall–Kier alpha value is -1.67. The molecule has 1 atom stereocenters. The fourth-order valence-corrected chi connectivity index (χ4v) is 2.14. The van der Waals surface area contributed by atoms with Crippen LogP contribution in [0.5, 0.6) is 0 Å². The van der Waals surface area contributed by atoms with Crippen molar-refractivity contribution in [3.63, 3.8) is 0 Å². The first kappa shape index (κ1) is 13.4. The first-order chi connectivity index (χ1) is 7.81. The van der Waals surface area contributed by atoms with Gasteiger partial charge in [0.2, 0.25) is 0 Å². The molecule has 1 aliphatic carbocycles. The van der Waals surface area contributed by atoms with Gasteiger partial charge in [0, 0.05) is 5.57 Å². The molecule has 2 nitrogen and oxygen atoms in total. The summed E-state index contributed by atoms with van der Waals surface area (Å²) in [6.45, 7) is 2.19. The molecule has 0 heterocycles. The van der Waals surface area contributed by atoms with E-state index in [2.05, 4.69) is 25.1 Å². The molecule has 1 aromatic carbocycles. The normalized spacial score (nSPS) is 18.8. The van der Waals surface area contributed by atoms with Gasteiger partial charge in [-0.1, -0.05) is 55.0 Å². The number of hydrogen-bond acceptors (Lipinski definition) is 2. The smallest absolute Gasteiger partial charge is 0.150 e. The molecule has 2 heteroatoms. The Morgan fingerprint density at radius 2 is 2.00 bits per heavy atom. The van der Waals surface area contributed by atoms with E-state index in [-0.39, 0.29) is 6.15 Å². The maximum Gasteiger partial charge on any atom is 0.150 e. The van der Waals surface area contributed by atoms with Gasteiger partial charge in [0.1, 0.15) is 6.29 Å². The van der Waals surface area contributed by atoms with Gasteiger partial charge in [-0.25, -0.2) is 0 Å². The molecule has 0 aromatic heterocycles. The lowest BCUT2D eigenvalue weighted by Gasteiger charge is -2.20. The maximum atomic E-state index is 11.0. The zero-order chi connectivity index (χ0) is 11.4. The van der Waals surface area contributed by atoms with E-state index < -0.39 is 0 Å². The van der Waals surface area contributed by atoms with Gasteiger partial charge < -0.3 is 6.15 Å². The van der Waals surface area contributed by atoms with E-state index in [1.165, 1.54) is 11.1 Å². The van der Waals surface area contributed by atoms with Crippen molar-refractivity contribution in [1.29, 1.82) is 0 Å². The predicted octanol–water partition coefficient (Wildman–Crippen LogP) is 3.48. The lowest BCUT2D eigenvalue weighted by molar-refractivity contribution is -0.104.